The number of amides is 2. The third-order valence-electron chi connectivity index (χ3n) is 5.58. The summed E-state index contributed by atoms with van der Waals surface area (Å²) < 4.78 is 5.24. The fraction of sp³-hybridized carbons (Fsp3) is 0.185. The largest absolute Gasteiger partial charge is 0.497 e. The SMILES string of the molecule is COc1ccc(C2=C(Nc3ccc(C(C)C)cc3)C(=O)N(Cc3ccccc3)C2=O)cc1. The van der Waals surface area contributed by atoms with Crippen molar-refractivity contribution in [1.29, 1.82) is 0 Å². The van der Waals surface area contributed by atoms with Crippen LogP contribution in [0, 0.1) is 0 Å². The monoisotopic (exact) mass is 426 g/mol. The van der Waals surface area contributed by atoms with Crippen molar-refractivity contribution in [2.24, 2.45) is 0 Å². The highest BCUT2D eigenvalue weighted by Crippen LogP contribution is 2.32. The van der Waals surface area contributed by atoms with Crippen LogP contribution in [0.15, 0.2) is 84.6 Å². The summed E-state index contributed by atoms with van der Waals surface area (Å²) >= 11 is 0. The van der Waals surface area contributed by atoms with Crippen LogP contribution in [0.25, 0.3) is 5.57 Å². The number of carbonyl (C=O) groups is 2. The molecular formula is C27H26N2O3. The molecule has 0 saturated carbocycles. The number of benzene rings is 3. The Morgan fingerprint density at radius 1 is 0.844 bits per heavy atom. The number of imide groups is 1. The van der Waals surface area contributed by atoms with E-state index in [0.717, 1.165) is 11.3 Å². The maximum absolute atomic E-state index is 13.4. The van der Waals surface area contributed by atoms with E-state index in [1.807, 2.05) is 54.6 Å². The highest BCUT2D eigenvalue weighted by molar-refractivity contribution is 6.36. The van der Waals surface area contributed by atoms with Crippen molar-refractivity contribution in [2.75, 3.05) is 12.4 Å². The topological polar surface area (TPSA) is 58.6 Å². The average Bonchev–Trinajstić information content (AvgIpc) is 3.04. The van der Waals surface area contributed by atoms with Gasteiger partial charge in [0.2, 0.25) is 0 Å². The molecule has 0 aromatic heterocycles. The quantitative estimate of drug-likeness (QED) is 0.527. The Labute approximate surface area is 188 Å². The molecule has 3 aromatic carbocycles. The molecule has 0 bridgehead atoms. The van der Waals surface area contributed by atoms with Crippen molar-refractivity contribution in [3.63, 3.8) is 0 Å². The normalized spacial score (nSPS) is 13.8. The van der Waals surface area contributed by atoms with Crippen LogP contribution in [0.5, 0.6) is 5.75 Å². The van der Waals surface area contributed by atoms with Gasteiger partial charge in [0.05, 0.1) is 19.2 Å². The molecule has 3 aromatic rings. The van der Waals surface area contributed by atoms with E-state index in [4.69, 9.17) is 4.74 Å². The van der Waals surface area contributed by atoms with E-state index in [9.17, 15) is 9.59 Å². The molecule has 0 spiro atoms. The number of ether oxygens (including phenoxy) is 1. The predicted octanol–water partition coefficient (Wildman–Crippen LogP) is 5.21. The zero-order chi connectivity index (χ0) is 22.7. The second-order valence-electron chi connectivity index (χ2n) is 8.06. The molecule has 0 unspecified atom stereocenters. The predicted molar refractivity (Wildman–Crippen MR) is 126 cm³/mol. The minimum absolute atomic E-state index is 0.218. The molecule has 1 aliphatic rings. The summed E-state index contributed by atoms with van der Waals surface area (Å²) in [6.07, 6.45) is 0. The third-order valence-corrected chi connectivity index (χ3v) is 5.58. The smallest absolute Gasteiger partial charge is 0.278 e. The Morgan fingerprint density at radius 2 is 1.50 bits per heavy atom. The molecule has 5 heteroatoms. The molecule has 162 valence electrons. The lowest BCUT2D eigenvalue weighted by atomic mass is 10.0. The summed E-state index contributed by atoms with van der Waals surface area (Å²) in [6.45, 7) is 4.48. The molecule has 0 radical (unpaired) electrons. The Bertz CT molecular complexity index is 1150. The molecule has 2 amide bonds. The minimum atomic E-state index is -0.336. The van der Waals surface area contributed by atoms with Gasteiger partial charge < -0.3 is 10.1 Å². The van der Waals surface area contributed by atoms with Crippen LogP contribution in [0.3, 0.4) is 0 Å². The molecule has 0 atom stereocenters. The van der Waals surface area contributed by atoms with Crippen molar-refractivity contribution >= 4 is 23.1 Å². The van der Waals surface area contributed by atoms with Gasteiger partial charge in [0.25, 0.3) is 11.8 Å². The van der Waals surface area contributed by atoms with E-state index >= 15 is 0 Å². The van der Waals surface area contributed by atoms with Gasteiger partial charge in [-0.15, -0.1) is 0 Å². The summed E-state index contributed by atoms with van der Waals surface area (Å²) in [5.74, 6) is 0.447. The molecule has 1 N–H and O–H groups in total. The van der Waals surface area contributed by atoms with Gasteiger partial charge in [-0.25, -0.2) is 0 Å². The van der Waals surface area contributed by atoms with Crippen LogP contribution < -0.4 is 10.1 Å². The second kappa shape index (κ2) is 9.10. The van der Waals surface area contributed by atoms with Crippen LogP contribution in [0.2, 0.25) is 0 Å². The van der Waals surface area contributed by atoms with Gasteiger partial charge in [0, 0.05) is 5.69 Å². The van der Waals surface area contributed by atoms with Gasteiger partial charge in [-0.3, -0.25) is 14.5 Å². The maximum Gasteiger partial charge on any atom is 0.278 e. The van der Waals surface area contributed by atoms with Crippen molar-refractivity contribution in [1.82, 2.24) is 4.90 Å². The molecule has 0 saturated heterocycles. The number of nitrogens with zero attached hydrogens (tertiary/aromatic N) is 1. The van der Waals surface area contributed by atoms with Crippen molar-refractivity contribution < 1.29 is 14.3 Å². The van der Waals surface area contributed by atoms with E-state index in [0.29, 0.717) is 22.8 Å². The number of anilines is 1. The lowest BCUT2D eigenvalue weighted by molar-refractivity contribution is -0.137. The van der Waals surface area contributed by atoms with Gasteiger partial charge in [-0.05, 0) is 46.9 Å². The lowest BCUT2D eigenvalue weighted by Gasteiger charge is -2.15. The number of rotatable bonds is 7. The molecule has 4 rings (SSSR count). The molecule has 1 heterocycles. The zero-order valence-corrected chi connectivity index (χ0v) is 18.5. The van der Waals surface area contributed by atoms with Gasteiger partial charge in [0.1, 0.15) is 11.4 Å². The molecule has 32 heavy (non-hydrogen) atoms. The summed E-state index contributed by atoms with van der Waals surface area (Å²) in [5, 5.41) is 3.22. The van der Waals surface area contributed by atoms with E-state index in [1.54, 1.807) is 31.4 Å². The van der Waals surface area contributed by atoms with Crippen molar-refractivity contribution in [2.45, 2.75) is 26.3 Å². The Balaban J connectivity index is 1.71. The summed E-state index contributed by atoms with van der Waals surface area (Å²) in [5.41, 5.74) is 4.18. The van der Waals surface area contributed by atoms with E-state index < -0.39 is 0 Å². The average molecular weight is 427 g/mol. The fourth-order valence-electron chi connectivity index (χ4n) is 3.72. The first kappa shape index (κ1) is 21.4. The van der Waals surface area contributed by atoms with Crippen LogP contribution in [0.1, 0.15) is 36.5 Å². The third kappa shape index (κ3) is 4.28. The number of methoxy groups -OCH3 is 1. The molecule has 0 fully saturated rings. The minimum Gasteiger partial charge on any atom is -0.497 e. The fourth-order valence-corrected chi connectivity index (χ4v) is 3.72. The number of hydrogen-bond acceptors (Lipinski definition) is 4. The first-order valence-electron chi connectivity index (χ1n) is 10.6. The van der Waals surface area contributed by atoms with Crippen LogP contribution >= 0.6 is 0 Å². The molecule has 1 aliphatic heterocycles. The van der Waals surface area contributed by atoms with Crippen LogP contribution in [-0.2, 0) is 16.1 Å². The van der Waals surface area contributed by atoms with Gasteiger partial charge >= 0.3 is 0 Å². The highest BCUT2D eigenvalue weighted by Gasteiger charge is 2.39. The van der Waals surface area contributed by atoms with Crippen LogP contribution in [-0.4, -0.2) is 23.8 Å². The Kier molecular flexibility index (Phi) is 6.08. The van der Waals surface area contributed by atoms with E-state index in [-0.39, 0.29) is 24.1 Å². The number of nitrogens with one attached hydrogen (secondary N) is 1. The standard InChI is InChI=1S/C27H26N2O3/c1-18(2)20-9-13-22(14-10-20)28-25-24(21-11-15-23(32-3)16-12-21)26(30)29(27(25)31)17-19-7-5-4-6-8-19/h4-16,18,28H,17H2,1-3H3. The molecule has 0 aliphatic carbocycles. The molecule has 5 nitrogen and oxygen atoms in total. The zero-order valence-electron chi connectivity index (χ0n) is 18.5. The molecular weight excluding hydrogens is 400 g/mol. The Hall–Kier alpha value is -3.86. The lowest BCUT2D eigenvalue weighted by Crippen LogP contribution is -2.31. The van der Waals surface area contributed by atoms with Crippen molar-refractivity contribution in [3.8, 4) is 5.75 Å². The summed E-state index contributed by atoms with van der Waals surface area (Å²) in [4.78, 5) is 28.1. The number of hydrogen-bond donors (Lipinski definition) is 1. The highest BCUT2D eigenvalue weighted by atomic mass is 16.5. The van der Waals surface area contributed by atoms with Crippen LogP contribution in [0.4, 0.5) is 5.69 Å². The number of carbonyl (C=O) groups excluding carboxylic acids is 2. The van der Waals surface area contributed by atoms with Gasteiger partial charge in [-0.2, -0.15) is 0 Å². The summed E-state index contributed by atoms with van der Waals surface area (Å²) in [7, 11) is 1.59. The van der Waals surface area contributed by atoms with Crippen molar-refractivity contribution in [3.05, 3.63) is 101 Å². The first-order chi connectivity index (χ1) is 15.5. The van der Waals surface area contributed by atoms with E-state index in [2.05, 4.69) is 19.2 Å². The maximum atomic E-state index is 13.4. The Morgan fingerprint density at radius 3 is 2.09 bits per heavy atom. The van der Waals surface area contributed by atoms with Gasteiger partial charge in [-0.1, -0.05) is 68.4 Å². The van der Waals surface area contributed by atoms with Gasteiger partial charge in [0.15, 0.2) is 0 Å². The summed E-state index contributed by atoms with van der Waals surface area (Å²) in [6, 6.07) is 24.6. The van der Waals surface area contributed by atoms with E-state index in [1.165, 1.54) is 10.5 Å². The second-order valence-corrected chi connectivity index (χ2v) is 8.06. The first-order valence-corrected chi connectivity index (χ1v) is 10.6.